The molecule has 0 atom stereocenters. The molecule has 3 nitrogen and oxygen atoms in total. The molecule has 0 amide bonds. The number of unbranched alkanes of at least 4 members (excludes halogenated alkanes) is 9. The van der Waals surface area contributed by atoms with Gasteiger partial charge < -0.3 is 5.11 Å². The maximum Gasteiger partial charge on any atom is 0.281 e. The predicted octanol–water partition coefficient (Wildman–Crippen LogP) is 5.26. The minimum atomic E-state index is -0.881. The Labute approximate surface area is 140 Å². The Morgan fingerprint density at radius 2 is 1.48 bits per heavy atom. The molecule has 1 heterocycles. The number of aliphatic hydroxyl groups excluding tert-OH is 1. The van der Waals surface area contributed by atoms with Crippen LogP contribution in [0.15, 0.2) is 24.3 Å². The van der Waals surface area contributed by atoms with E-state index in [1.54, 1.807) is 0 Å². The highest BCUT2D eigenvalue weighted by molar-refractivity contribution is 5.28. The molecule has 1 fully saturated rings. The first-order valence-corrected chi connectivity index (χ1v) is 9.38. The van der Waals surface area contributed by atoms with Gasteiger partial charge in [-0.3, -0.25) is 0 Å². The maximum atomic E-state index is 9.32. The van der Waals surface area contributed by atoms with Crippen LogP contribution in [0.2, 0.25) is 0 Å². The molecule has 1 aliphatic heterocycles. The molecule has 1 aromatic rings. The van der Waals surface area contributed by atoms with Crippen molar-refractivity contribution in [1.82, 2.24) is 0 Å². The van der Waals surface area contributed by atoms with Gasteiger partial charge in [0.15, 0.2) is 0 Å². The first-order valence-electron chi connectivity index (χ1n) is 9.38. The zero-order valence-corrected chi connectivity index (χ0v) is 14.6. The van der Waals surface area contributed by atoms with Crippen molar-refractivity contribution in [2.45, 2.75) is 83.3 Å². The zero-order valence-electron chi connectivity index (χ0n) is 14.6. The van der Waals surface area contributed by atoms with Crippen molar-refractivity contribution < 1.29 is 14.9 Å². The molecule has 0 aromatic heterocycles. The third kappa shape index (κ3) is 6.25. The van der Waals surface area contributed by atoms with Gasteiger partial charge in [0, 0.05) is 5.56 Å². The minimum Gasteiger partial charge on any atom is -0.390 e. The predicted molar refractivity (Wildman–Crippen MR) is 92.9 cm³/mol. The van der Waals surface area contributed by atoms with E-state index in [0.29, 0.717) is 0 Å². The monoisotopic (exact) mass is 320 g/mol. The molecule has 0 aliphatic carbocycles. The molecule has 1 N–H and O–H groups in total. The summed E-state index contributed by atoms with van der Waals surface area (Å²) in [6, 6.07) is 8.20. The van der Waals surface area contributed by atoms with Crippen LogP contribution in [0.4, 0.5) is 0 Å². The summed E-state index contributed by atoms with van der Waals surface area (Å²) in [5.41, 5.74) is 2.22. The van der Waals surface area contributed by atoms with E-state index in [4.69, 9.17) is 9.78 Å². The lowest BCUT2D eigenvalue weighted by molar-refractivity contribution is 0.0850. The minimum absolute atomic E-state index is 0.130. The van der Waals surface area contributed by atoms with Crippen molar-refractivity contribution in [2.75, 3.05) is 6.61 Å². The molecule has 0 spiro atoms. The lowest BCUT2D eigenvalue weighted by Gasteiger charge is -2.07. The fourth-order valence-electron chi connectivity index (χ4n) is 3.07. The van der Waals surface area contributed by atoms with Crippen LogP contribution >= 0.6 is 0 Å². The largest absolute Gasteiger partial charge is 0.390 e. The standard InChI is InChI=1S/C20H32O3/c1-2-3-4-5-6-7-8-9-10-11-13-18-14-12-15-19(16-18)20(17-21)22-23-20/h12,14-16,21H,2-11,13,17H2,1H3. The summed E-state index contributed by atoms with van der Waals surface area (Å²) in [5, 5.41) is 9.32. The van der Waals surface area contributed by atoms with Gasteiger partial charge in [-0.2, -0.15) is 9.78 Å². The molecular formula is C20H32O3. The van der Waals surface area contributed by atoms with Gasteiger partial charge in [0.1, 0.15) is 6.61 Å². The highest BCUT2D eigenvalue weighted by Gasteiger charge is 2.50. The highest BCUT2D eigenvalue weighted by atomic mass is 17.4. The molecule has 0 radical (unpaired) electrons. The van der Waals surface area contributed by atoms with Crippen molar-refractivity contribution in [3.63, 3.8) is 0 Å². The van der Waals surface area contributed by atoms with Crippen LogP contribution in [0.5, 0.6) is 0 Å². The Balaban J connectivity index is 1.54. The van der Waals surface area contributed by atoms with Crippen LogP contribution in [-0.4, -0.2) is 11.7 Å². The summed E-state index contributed by atoms with van der Waals surface area (Å²) < 4.78 is 0. The van der Waals surface area contributed by atoms with Gasteiger partial charge in [-0.05, 0) is 18.4 Å². The second-order valence-electron chi connectivity index (χ2n) is 6.71. The average molecular weight is 320 g/mol. The second-order valence-corrected chi connectivity index (χ2v) is 6.71. The van der Waals surface area contributed by atoms with Crippen LogP contribution < -0.4 is 0 Å². The molecule has 0 saturated carbocycles. The molecule has 1 aromatic carbocycles. The first-order chi connectivity index (χ1) is 11.3. The Morgan fingerprint density at radius 1 is 0.870 bits per heavy atom. The SMILES string of the molecule is CCCCCCCCCCCCc1cccc(C2(CO)OO2)c1. The van der Waals surface area contributed by atoms with Gasteiger partial charge in [0.05, 0.1) is 0 Å². The van der Waals surface area contributed by atoms with Crippen LogP contribution in [0.1, 0.15) is 82.3 Å². The molecule has 23 heavy (non-hydrogen) atoms. The van der Waals surface area contributed by atoms with Gasteiger partial charge in [-0.1, -0.05) is 89.0 Å². The number of hydrogen-bond acceptors (Lipinski definition) is 3. The zero-order chi connectivity index (χ0) is 16.4. The van der Waals surface area contributed by atoms with Gasteiger partial charge in [0.25, 0.3) is 5.79 Å². The fraction of sp³-hybridized carbons (Fsp3) is 0.700. The molecular weight excluding hydrogens is 288 g/mol. The van der Waals surface area contributed by atoms with E-state index in [1.807, 2.05) is 12.1 Å². The normalized spacial score (nSPS) is 15.7. The van der Waals surface area contributed by atoms with Gasteiger partial charge in [-0.15, -0.1) is 0 Å². The Kier molecular flexibility index (Phi) is 8.07. The van der Waals surface area contributed by atoms with E-state index < -0.39 is 5.79 Å². The fourth-order valence-corrected chi connectivity index (χ4v) is 3.07. The summed E-state index contributed by atoms with van der Waals surface area (Å²) in [6.45, 7) is 2.14. The van der Waals surface area contributed by atoms with Crippen LogP contribution in [0, 0.1) is 0 Å². The van der Waals surface area contributed by atoms with E-state index in [2.05, 4.69) is 19.1 Å². The third-order valence-electron chi connectivity index (χ3n) is 4.68. The van der Waals surface area contributed by atoms with Crippen molar-refractivity contribution in [3.8, 4) is 0 Å². The average Bonchev–Trinajstić information content (AvgIpc) is 3.38. The van der Waals surface area contributed by atoms with Gasteiger partial charge >= 0.3 is 0 Å². The lowest BCUT2D eigenvalue weighted by atomic mass is 10.00. The molecule has 130 valence electrons. The Hall–Kier alpha value is -0.900. The quantitative estimate of drug-likeness (QED) is 0.306. The summed E-state index contributed by atoms with van der Waals surface area (Å²) in [5.74, 6) is -0.881. The second kappa shape index (κ2) is 10.1. The summed E-state index contributed by atoms with van der Waals surface area (Å²) >= 11 is 0. The molecule has 3 heteroatoms. The highest BCUT2D eigenvalue weighted by Crippen LogP contribution is 2.40. The van der Waals surface area contributed by atoms with Gasteiger partial charge in [0.2, 0.25) is 0 Å². The molecule has 2 rings (SSSR count). The Morgan fingerprint density at radius 3 is 2.04 bits per heavy atom. The summed E-state index contributed by atoms with van der Waals surface area (Å²) in [6.07, 6.45) is 14.7. The number of hydrogen-bond donors (Lipinski definition) is 1. The lowest BCUT2D eigenvalue weighted by Crippen LogP contribution is -2.13. The van der Waals surface area contributed by atoms with Gasteiger partial charge in [-0.25, -0.2) is 0 Å². The van der Waals surface area contributed by atoms with Crippen molar-refractivity contribution >= 4 is 0 Å². The van der Waals surface area contributed by atoms with Crippen LogP contribution in [0.3, 0.4) is 0 Å². The van der Waals surface area contributed by atoms with E-state index in [1.165, 1.54) is 69.8 Å². The van der Waals surface area contributed by atoms with E-state index in [0.717, 1.165) is 12.0 Å². The first kappa shape index (κ1) is 18.4. The number of aliphatic hydroxyl groups is 1. The topological polar surface area (TPSA) is 45.3 Å². The van der Waals surface area contributed by atoms with Crippen LogP contribution in [-0.2, 0) is 22.0 Å². The summed E-state index contributed by atoms with van der Waals surface area (Å²) in [7, 11) is 0. The van der Waals surface area contributed by atoms with Crippen molar-refractivity contribution in [3.05, 3.63) is 35.4 Å². The molecule has 0 bridgehead atoms. The molecule has 1 saturated heterocycles. The van der Waals surface area contributed by atoms with E-state index in [9.17, 15) is 5.11 Å². The third-order valence-corrected chi connectivity index (χ3v) is 4.68. The van der Waals surface area contributed by atoms with Crippen LogP contribution in [0.25, 0.3) is 0 Å². The molecule has 1 aliphatic rings. The van der Waals surface area contributed by atoms with E-state index >= 15 is 0 Å². The molecule has 0 unspecified atom stereocenters. The van der Waals surface area contributed by atoms with E-state index in [-0.39, 0.29) is 6.61 Å². The Bertz CT molecular complexity index is 440. The smallest absolute Gasteiger partial charge is 0.281 e. The number of aryl methyl sites for hydroxylation is 1. The number of benzene rings is 1. The van der Waals surface area contributed by atoms with Crippen molar-refractivity contribution in [1.29, 1.82) is 0 Å². The van der Waals surface area contributed by atoms with Crippen molar-refractivity contribution in [2.24, 2.45) is 0 Å². The number of rotatable bonds is 13. The maximum absolute atomic E-state index is 9.32. The summed E-state index contributed by atoms with van der Waals surface area (Å²) in [4.78, 5) is 9.88.